The van der Waals surface area contributed by atoms with E-state index < -0.39 is 11.9 Å². The van der Waals surface area contributed by atoms with Gasteiger partial charge in [-0.05, 0) is 24.9 Å². The zero-order valence-electron chi connectivity index (χ0n) is 13.3. The van der Waals surface area contributed by atoms with Crippen LogP contribution in [0.15, 0.2) is 24.3 Å². The molecule has 122 valence electrons. The van der Waals surface area contributed by atoms with E-state index in [1.165, 1.54) is 12.1 Å². The minimum absolute atomic E-state index is 0.0356. The molecule has 0 aromatic heterocycles. The van der Waals surface area contributed by atoms with Crippen molar-refractivity contribution in [1.82, 2.24) is 10.2 Å². The number of rotatable bonds is 6. The van der Waals surface area contributed by atoms with Crippen LogP contribution >= 0.6 is 0 Å². The highest BCUT2D eigenvalue weighted by Crippen LogP contribution is 2.19. The molecule has 4 nitrogen and oxygen atoms in total. The first kappa shape index (κ1) is 16.9. The number of benzene rings is 1. The van der Waals surface area contributed by atoms with E-state index in [4.69, 9.17) is 0 Å². The fourth-order valence-corrected chi connectivity index (χ4v) is 2.93. The molecule has 1 aromatic carbocycles. The van der Waals surface area contributed by atoms with Crippen molar-refractivity contribution >= 4 is 5.91 Å². The predicted molar refractivity (Wildman–Crippen MR) is 83.8 cm³/mol. The number of nitrogens with one attached hydrogen (secondary N) is 1. The Hall–Kier alpha value is -1.46. The van der Waals surface area contributed by atoms with Crippen molar-refractivity contribution in [3.8, 4) is 0 Å². The van der Waals surface area contributed by atoms with E-state index in [-0.39, 0.29) is 23.9 Å². The minimum atomic E-state index is -1.02. The largest absolute Gasteiger partial charge is 0.386 e. The molecule has 1 aromatic rings. The van der Waals surface area contributed by atoms with Crippen LogP contribution in [0.1, 0.15) is 31.9 Å². The second kappa shape index (κ2) is 7.70. The number of aliphatic hydroxyl groups is 1. The molecule has 0 spiro atoms. The van der Waals surface area contributed by atoms with Gasteiger partial charge in [-0.15, -0.1) is 0 Å². The number of carbonyl (C=O) groups is 1. The molecular weight excluding hydrogens is 283 g/mol. The Kier molecular flexibility index (Phi) is 5.91. The lowest BCUT2D eigenvalue weighted by Gasteiger charge is -2.18. The maximum atomic E-state index is 13.6. The number of aliphatic hydroxyl groups excluding tert-OH is 1. The topological polar surface area (TPSA) is 52.6 Å². The lowest BCUT2D eigenvalue weighted by molar-refractivity contribution is -0.125. The summed E-state index contributed by atoms with van der Waals surface area (Å²) in [5, 5.41) is 12.7. The summed E-state index contributed by atoms with van der Waals surface area (Å²) in [4.78, 5) is 14.4. The van der Waals surface area contributed by atoms with Crippen LogP contribution in [-0.4, -0.2) is 42.1 Å². The fraction of sp³-hybridized carbons (Fsp3) is 0.588. The summed E-state index contributed by atoms with van der Waals surface area (Å²) in [6, 6.07) is 6.09. The van der Waals surface area contributed by atoms with Gasteiger partial charge in [0, 0.05) is 25.2 Å². The summed E-state index contributed by atoms with van der Waals surface area (Å²) in [5.41, 5.74) is 0.218. The van der Waals surface area contributed by atoms with Gasteiger partial charge in [0.25, 0.3) is 0 Å². The van der Waals surface area contributed by atoms with E-state index in [9.17, 15) is 14.3 Å². The van der Waals surface area contributed by atoms with E-state index in [2.05, 4.69) is 24.1 Å². The van der Waals surface area contributed by atoms with Crippen molar-refractivity contribution in [3.63, 3.8) is 0 Å². The molecule has 0 bridgehead atoms. The van der Waals surface area contributed by atoms with Crippen LogP contribution in [0.4, 0.5) is 4.39 Å². The second-order valence-corrected chi connectivity index (χ2v) is 6.42. The monoisotopic (exact) mass is 308 g/mol. The van der Waals surface area contributed by atoms with E-state index in [1.807, 2.05) is 0 Å². The van der Waals surface area contributed by atoms with Gasteiger partial charge in [-0.3, -0.25) is 4.79 Å². The van der Waals surface area contributed by atoms with Crippen LogP contribution in [0.25, 0.3) is 0 Å². The lowest BCUT2D eigenvalue weighted by Crippen LogP contribution is -2.36. The van der Waals surface area contributed by atoms with Gasteiger partial charge in [-0.2, -0.15) is 0 Å². The maximum Gasteiger partial charge on any atom is 0.224 e. The molecular formula is C17H25FN2O2. The molecule has 1 aliphatic rings. The van der Waals surface area contributed by atoms with Crippen molar-refractivity contribution in [2.45, 2.75) is 26.4 Å². The molecule has 0 aliphatic carbocycles. The zero-order chi connectivity index (χ0) is 16.1. The average Bonchev–Trinajstić information content (AvgIpc) is 2.92. The van der Waals surface area contributed by atoms with E-state index >= 15 is 0 Å². The zero-order valence-corrected chi connectivity index (χ0v) is 13.3. The van der Waals surface area contributed by atoms with Gasteiger partial charge in [-0.1, -0.05) is 32.0 Å². The highest BCUT2D eigenvalue weighted by atomic mass is 19.1. The second-order valence-electron chi connectivity index (χ2n) is 6.42. The van der Waals surface area contributed by atoms with Gasteiger partial charge >= 0.3 is 0 Å². The number of carbonyl (C=O) groups excluding carboxylic acids is 1. The molecule has 0 radical (unpaired) electrons. The molecule has 2 rings (SSSR count). The third kappa shape index (κ3) is 4.52. The third-order valence-corrected chi connectivity index (χ3v) is 4.00. The summed E-state index contributed by atoms with van der Waals surface area (Å²) in [5.74, 6) is 0.0473. The highest BCUT2D eigenvalue weighted by Gasteiger charge is 2.28. The first-order chi connectivity index (χ1) is 10.5. The van der Waals surface area contributed by atoms with Crippen LogP contribution in [0.2, 0.25) is 0 Å². The standard InChI is InChI=1S/C17H25FN2O2/c1-12(2)10-20-8-7-13(11-20)17(22)19-9-16(21)14-5-3-4-6-15(14)18/h3-6,12-13,16,21H,7-11H2,1-2H3,(H,19,22). The first-order valence-corrected chi connectivity index (χ1v) is 7.90. The van der Waals surface area contributed by atoms with Crippen LogP contribution in [0.3, 0.4) is 0 Å². The van der Waals surface area contributed by atoms with Gasteiger partial charge in [0.2, 0.25) is 5.91 Å². The van der Waals surface area contributed by atoms with Crippen molar-refractivity contribution in [3.05, 3.63) is 35.6 Å². The first-order valence-electron chi connectivity index (χ1n) is 7.90. The van der Waals surface area contributed by atoms with Crippen molar-refractivity contribution < 1.29 is 14.3 Å². The van der Waals surface area contributed by atoms with Crippen molar-refractivity contribution in [1.29, 1.82) is 0 Å². The molecule has 1 saturated heterocycles. The van der Waals surface area contributed by atoms with Gasteiger partial charge in [0.05, 0.1) is 12.0 Å². The Morgan fingerprint density at radius 2 is 2.18 bits per heavy atom. The Morgan fingerprint density at radius 1 is 1.45 bits per heavy atom. The number of hydrogen-bond acceptors (Lipinski definition) is 3. The van der Waals surface area contributed by atoms with Crippen molar-refractivity contribution in [2.75, 3.05) is 26.2 Å². The third-order valence-electron chi connectivity index (χ3n) is 4.00. The van der Waals surface area contributed by atoms with Gasteiger partial charge in [0.15, 0.2) is 0 Å². The van der Waals surface area contributed by atoms with Crippen LogP contribution in [-0.2, 0) is 4.79 Å². The molecule has 0 saturated carbocycles. The van der Waals surface area contributed by atoms with Gasteiger partial charge < -0.3 is 15.3 Å². The average molecular weight is 308 g/mol. The Balaban J connectivity index is 1.80. The molecule has 1 heterocycles. The van der Waals surface area contributed by atoms with Crippen LogP contribution < -0.4 is 5.32 Å². The summed E-state index contributed by atoms with van der Waals surface area (Å²) in [7, 11) is 0. The Morgan fingerprint density at radius 3 is 2.86 bits per heavy atom. The number of nitrogens with zero attached hydrogens (tertiary/aromatic N) is 1. The molecule has 5 heteroatoms. The van der Waals surface area contributed by atoms with Crippen molar-refractivity contribution in [2.24, 2.45) is 11.8 Å². The van der Waals surface area contributed by atoms with E-state index in [1.54, 1.807) is 12.1 Å². The minimum Gasteiger partial charge on any atom is -0.386 e. The molecule has 2 atom stereocenters. The van der Waals surface area contributed by atoms with E-state index in [0.29, 0.717) is 5.92 Å². The smallest absolute Gasteiger partial charge is 0.224 e. The lowest BCUT2D eigenvalue weighted by atomic mass is 10.1. The fourth-order valence-electron chi connectivity index (χ4n) is 2.93. The van der Waals surface area contributed by atoms with Gasteiger partial charge in [0.1, 0.15) is 5.82 Å². The molecule has 22 heavy (non-hydrogen) atoms. The predicted octanol–water partition coefficient (Wildman–Crippen LogP) is 1.95. The number of hydrogen-bond donors (Lipinski definition) is 2. The summed E-state index contributed by atoms with van der Waals surface area (Å²) in [6.45, 7) is 7.07. The summed E-state index contributed by atoms with van der Waals surface area (Å²) in [6.07, 6.45) is -0.174. The number of amides is 1. The summed E-state index contributed by atoms with van der Waals surface area (Å²) >= 11 is 0. The normalized spacial score (nSPS) is 20.3. The molecule has 2 N–H and O–H groups in total. The maximum absolute atomic E-state index is 13.6. The molecule has 1 fully saturated rings. The molecule has 2 unspecified atom stereocenters. The Labute approximate surface area is 131 Å². The highest BCUT2D eigenvalue weighted by molar-refractivity contribution is 5.79. The quantitative estimate of drug-likeness (QED) is 0.844. The SMILES string of the molecule is CC(C)CN1CCC(C(=O)NCC(O)c2ccccc2F)C1. The number of likely N-dealkylation sites (tertiary alicyclic amines) is 1. The van der Waals surface area contributed by atoms with Crippen LogP contribution in [0.5, 0.6) is 0 Å². The molecule has 1 amide bonds. The van der Waals surface area contributed by atoms with Crippen LogP contribution in [0, 0.1) is 17.7 Å². The summed E-state index contributed by atoms with van der Waals surface area (Å²) < 4.78 is 13.6. The Bertz CT molecular complexity index is 507. The van der Waals surface area contributed by atoms with Gasteiger partial charge in [-0.25, -0.2) is 4.39 Å². The number of halogens is 1. The molecule has 1 aliphatic heterocycles. The van der Waals surface area contributed by atoms with E-state index in [0.717, 1.165) is 26.1 Å².